The van der Waals surface area contributed by atoms with E-state index in [1.165, 1.54) is 5.56 Å². The summed E-state index contributed by atoms with van der Waals surface area (Å²) in [5.41, 5.74) is 1.32. The molecule has 1 aromatic rings. The van der Waals surface area contributed by atoms with Gasteiger partial charge in [-0.05, 0) is 13.8 Å². The fourth-order valence-electron chi connectivity index (χ4n) is 0.602. The van der Waals surface area contributed by atoms with Crippen molar-refractivity contribution in [2.45, 2.75) is 13.8 Å². The largest absolute Gasteiger partial charge is 0.468 e. The molecule has 0 aliphatic carbocycles. The third-order valence-corrected chi connectivity index (χ3v) is 1.18. The summed E-state index contributed by atoms with van der Waals surface area (Å²) in [6, 6.07) is 10.3. The van der Waals surface area contributed by atoms with Gasteiger partial charge in [-0.1, -0.05) is 35.9 Å². The Balaban J connectivity index is 0. The van der Waals surface area contributed by atoms with Crippen molar-refractivity contribution in [2.75, 3.05) is 13.7 Å². The van der Waals surface area contributed by atoms with Crippen molar-refractivity contribution in [1.82, 2.24) is 0 Å². The predicted molar refractivity (Wildman–Crippen MR) is 57.0 cm³/mol. The average molecular weight is 198 g/mol. The first kappa shape index (κ1) is 15.1. The molecule has 0 heterocycles. The predicted octanol–water partition coefficient (Wildman–Crippen LogP) is 1.78. The Labute approximate surface area is 85.3 Å². The highest BCUT2D eigenvalue weighted by Crippen LogP contribution is 1.92. The molecule has 14 heavy (non-hydrogen) atoms. The zero-order valence-corrected chi connectivity index (χ0v) is 8.93. The van der Waals surface area contributed by atoms with E-state index in [0.717, 1.165) is 7.11 Å². The second kappa shape index (κ2) is 14.2. The van der Waals surface area contributed by atoms with Crippen LogP contribution in [0.1, 0.15) is 12.5 Å². The lowest BCUT2D eigenvalue weighted by Crippen LogP contribution is -1.80. The SMILES string of the molecule is CCOC=O.CO.Cc1ccccc1. The maximum atomic E-state index is 9.18. The lowest BCUT2D eigenvalue weighted by molar-refractivity contribution is -0.128. The summed E-state index contributed by atoms with van der Waals surface area (Å²) < 4.78 is 4.15. The molecule has 1 N–H and O–H groups in total. The van der Waals surface area contributed by atoms with Crippen LogP contribution in [0.15, 0.2) is 30.3 Å². The van der Waals surface area contributed by atoms with Crippen molar-refractivity contribution in [3.05, 3.63) is 35.9 Å². The van der Waals surface area contributed by atoms with Crippen molar-refractivity contribution in [1.29, 1.82) is 0 Å². The van der Waals surface area contributed by atoms with Crippen LogP contribution in [0.4, 0.5) is 0 Å². The van der Waals surface area contributed by atoms with Crippen LogP contribution in [0, 0.1) is 6.92 Å². The maximum Gasteiger partial charge on any atom is 0.293 e. The van der Waals surface area contributed by atoms with Gasteiger partial charge < -0.3 is 9.84 Å². The van der Waals surface area contributed by atoms with Gasteiger partial charge in [0.2, 0.25) is 0 Å². The highest BCUT2D eigenvalue weighted by molar-refractivity contribution is 5.36. The molecule has 0 spiro atoms. The number of benzene rings is 1. The minimum Gasteiger partial charge on any atom is -0.468 e. The molecule has 80 valence electrons. The zero-order valence-electron chi connectivity index (χ0n) is 8.93. The Morgan fingerprint density at radius 3 is 1.93 bits per heavy atom. The molecule has 1 rings (SSSR count). The molecule has 0 aromatic heterocycles. The summed E-state index contributed by atoms with van der Waals surface area (Å²) in [6.07, 6.45) is 0. The molecular formula is C11H18O3. The summed E-state index contributed by atoms with van der Waals surface area (Å²) in [5.74, 6) is 0. The summed E-state index contributed by atoms with van der Waals surface area (Å²) in [7, 11) is 1.00. The van der Waals surface area contributed by atoms with Gasteiger partial charge in [-0.15, -0.1) is 0 Å². The van der Waals surface area contributed by atoms with Crippen molar-refractivity contribution in [3.63, 3.8) is 0 Å². The molecular weight excluding hydrogens is 180 g/mol. The lowest BCUT2D eigenvalue weighted by atomic mass is 10.2. The van der Waals surface area contributed by atoms with E-state index in [0.29, 0.717) is 13.1 Å². The minimum absolute atomic E-state index is 0.431. The number of aliphatic hydroxyl groups is 1. The Kier molecular flexibility index (Phi) is 15.3. The molecule has 0 radical (unpaired) electrons. The molecule has 0 unspecified atom stereocenters. The van der Waals surface area contributed by atoms with E-state index in [2.05, 4.69) is 23.8 Å². The number of hydrogen-bond acceptors (Lipinski definition) is 3. The molecule has 3 nitrogen and oxygen atoms in total. The first-order chi connectivity index (χ1) is 6.81. The van der Waals surface area contributed by atoms with Crippen LogP contribution >= 0.6 is 0 Å². The van der Waals surface area contributed by atoms with Gasteiger partial charge in [0.25, 0.3) is 6.47 Å². The van der Waals surface area contributed by atoms with E-state index in [4.69, 9.17) is 5.11 Å². The van der Waals surface area contributed by atoms with Gasteiger partial charge in [-0.25, -0.2) is 0 Å². The van der Waals surface area contributed by atoms with E-state index in [-0.39, 0.29) is 0 Å². The molecule has 0 saturated heterocycles. The van der Waals surface area contributed by atoms with Crippen LogP contribution in [0.25, 0.3) is 0 Å². The third-order valence-electron chi connectivity index (χ3n) is 1.18. The van der Waals surface area contributed by atoms with Crippen molar-refractivity contribution < 1.29 is 14.6 Å². The maximum absolute atomic E-state index is 9.18. The summed E-state index contributed by atoms with van der Waals surface area (Å²) in [4.78, 5) is 9.18. The Bertz CT molecular complexity index is 197. The molecule has 0 atom stereocenters. The second-order valence-electron chi connectivity index (χ2n) is 2.21. The van der Waals surface area contributed by atoms with Crippen LogP contribution in [0.2, 0.25) is 0 Å². The number of hydrogen-bond donors (Lipinski definition) is 1. The minimum atomic E-state index is 0.431. The number of carbonyl (C=O) groups excluding carboxylic acids is 1. The Morgan fingerprint density at radius 2 is 1.79 bits per heavy atom. The van der Waals surface area contributed by atoms with Crippen molar-refractivity contribution >= 4 is 6.47 Å². The Morgan fingerprint density at radius 1 is 1.29 bits per heavy atom. The standard InChI is InChI=1S/C7H8.C3H6O2.CH4O/c1-7-5-3-2-4-6-7;1-2-5-3-4;1-2/h2-6H,1H3;3H,2H2,1H3;2H,1H3. The molecule has 0 fully saturated rings. The van der Waals surface area contributed by atoms with Gasteiger partial charge in [-0.2, -0.15) is 0 Å². The monoisotopic (exact) mass is 198 g/mol. The molecule has 0 amide bonds. The van der Waals surface area contributed by atoms with Crippen LogP contribution in [-0.4, -0.2) is 25.3 Å². The topological polar surface area (TPSA) is 46.5 Å². The van der Waals surface area contributed by atoms with Crippen molar-refractivity contribution in [3.8, 4) is 0 Å². The van der Waals surface area contributed by atoms with Gasteiger partial charge in [0.1, 0.15) is 0 Å². The van der Waals surface area contributed by atoms with Crippen molar-refractivity contribution in [2.24, 2.45) is 0 Å². The lowest BCUT2D eigenvalue weighted by Gasteiger charge is -1.82. The molecule has 0 aliphatic heterocycles. The van der Waals surface area contributed by atoms with Gasteiger partial charge in [0.05, 0.1) is 6.61 Å². The van der Waals surface area contributed by atoms with E-state index in [9.17, 15) is 4.79 Å². The zero-order chi connectivity index (χ0) is 11.2. The average Bonchev–Trinajstić information content (AvgIpc) is 2.24. The van der Waals surface area contributed by atoms with Crippen LogP contribution < -0.4 is 0 Å². The van der Waals surface area contributed by atoms with E-state index in [1.807, 2.05) is 18.2 Å². The molecule has 0 bridgehead atoms. The summed E-state index contributed by atoms with van der Waals surface area (Å²) in [6.45, 7) is 4.75. The summed E-state index contributed by atoms with van der Waals surface area (Å²) in [5, 5.41) is 7.00. The number of carbonyl (C=O) groups is 1. The molecule has 0 saturated carbocycles. The number of rotatable bonds is 2. The van der Waals surface area contributed by atoms with Gasteiger partial charge in [0.15, 0.2) is 0 Å². The highest BCUT2D eigenvalue weighted by Gasteiger charge is 1.72. The summed E-state index contributed by atoms with van der Waals surface area (Å²) >= 11 is 0. The number of ether oxygens (including phenoxy) is 1. The van der Waals surface area contributed by atoms with E-state index in [1.54, 1.807) is 6.92 Å². The fraction of sp³-hybridized carbons (Fsp3) is 0.364. The van der Waals surface area contributed by atoms with E-state index >= 15 is 0 Å². The van der Waals surface area contributed by atoms with Crippen LogP contribution in [0.5, 0.6) is 0 Å². The van der Waals surface area contributed by atoms with Gasteiger partial charge in [-0.3, -0.25) is 4.79 Å². The highest BCUT2D eigenvalue weighted by atomic mass is 16.5. The Hall–Kier alpha value is -1.35. The van der Waals surface area contributed by atoms with Crippen LogP contribution in [0.3, 0.4) is 0 Å². The van der Waals surface area contributed by atoms with E-state index < -0.39 is 0 Å². The van der Waals surface area contributed by atoms with Crippen LogP contribution in [-0.2, 0) is 9.53 Å². The number of aliphatic hydroxyl groups excluding tert-OH is 1. The third kappa shape index (κ3) is 13.3. The molecule has 3 heteroatoms. The second-order valence-corrected chi connectivity index (χ2v) is 2.21. The smallest absolute Gasteiger partial charge is 0.293 e. The number of aryl methyl sites for hydroxylation is 1. The molecule has 0 aliphatic rings. The van der Waals surface area contributed by atoms with Gasteiger partial charge in [0, 0.05) is 7.11 Å². The quantitative estimate of drug-likeness (QED) is 0.737. The molecule has 1 aromatic carbocycles. The first-order valence-electron chi connectivity index (χ1n) is 4.33. The first-order valence-corrected chi connectivity index (χ1v) is 4.33. The normalized spacial score (nSPS) is 7.14. The van der Waals surface area contributed by atoms with Gasteiger partial charge >= 0.3 is 0 Å². The fourth-order valence-corrected chi connectivity index (χ4v) is 0.602.